The van der Waals surface area contributed by atoms with Gasteiger partial charge in [-0.3, -0.25) is 4.79 Å². The average Bonchev–Trinajstić information content (AvgIpc) is 3.31. The summed E-state index contributed by atoms with van der Waals surface area (Å²) in [5.41, 5.74) is 1.41. The third-order valence-corrected chi connectivity index (χ3v) is 5.19. The van der Waals surface area contributed by atoms with Gasteiger partial charge < -0.3 is 4.90 Å². The first-order chi connectivity index (χ1) is 12.8. The first-order valence-corrected chi connectivity index (χ1v) is 8.69. The number of benzene rings is 1. The highest BCUT2D eigenvalue weighted by atomic mass is 19.4. The zero-order valence-corrected chi connectivity index (χ0v) is 14.4. The van der Waals surface area contributed by atoms with Crippen LogP contribution in [0.3, 0.4) is 0 Å². The smallest absolute Gasteiger partial charge is 0.315 e. The maximum Gasteiger partial charge on any atom is 0.418 e. The molecule has 0 saturated heterocycles. The Morgan fingerprint density at radius 2 is 1.93 bits per heavy atom. The lowest BCUT2D eigenvalue weighted by molar-refractivity contribution is -0.137. The Morgan fingerprint density at radius 1 is 1.15 bits per heavy atom. The summed E-state index contributed by atoms with van der Waals surface area (Å²) in [7, 11) is 1.66. The molecule has 3 aromatic rings. The molecule has 0 atom stereocenters. The summed E-state index contributed by atoms with van der Waals surface area (Å²) in [5.74, 6) is 0.748. The maximum atomic E-state index is 13.7. The van der Waals surface area contributed by atoms with Crippen LogP contribution in [0.4, 0.5) is 18.9 Å². The fourth-order valence-corrected chi connectivity index (χ4v) is 3.60. The molecule has 1 fully saturated rings. The molecule has 1 saturated carbocycles. The van der Waals surface area contributed by atoms with Crippen molar-refractivity contribution in [3.05, 3.63) is 47.3 Å². The average molecular weight is 372 g/mol. The van der Waals surface area contributed by atoms with Crippen LogP contribution in [0.5, 0.6) is 0 Å². The number of rotatable bonds is 2. The Hall–Kier alpha value is -2.90. The van der Waals surface area contributed by atoms with E-state index < -0.39 is 11.7 Å². The van der Waals surface area contributed by atoms with Gasteiger partial charge in [-0.25, -0.2) is 9.50 Å². The van der Waals surface area contributed by atoms with Crippen LogP contribution in [-0.2, 0) is 17.4 Å². The van der Waals surface area contributed by atoms with Crippen molar-refractivity contribution in [2.45, 2.75) is 31.4 Å². The summed E-state index contributed by atoms with van der Waals surface area (Å²) < 4.78 is 42.4. The Bertz CT molecular complexity index is 1100. The molecule has 27 heavy (non-hydrogen) atoms. The maximum absolute atomic E-state index is 13.7. The molecule has 2 aromatic heterocycles. The van der Waals surface area contributed by atoms with Crippen molar-refractivity contribution in [1.82, 2.24) is 14.6 Å². The second-order valence-electron chi connectivity index (χ2n) is 7.08. The van der Waals surface area contributed by atoms with Crippen LogP contribution < -0.4 is 4.90 Å². The van der Waals surface area contributed by atoms with E-state index in [1.54, 1.807) is 25.2 Å². The third-order valence-electron chi connectivity index (χ3n) is 5.19. The molecule has 0 spiro atoms. The fourth-order valence-electron chi connectivity index (χ4n) is 3.60. The molecule has 1 aliphatic carbocycles. The summed E-state index contributed by atoms with van der Waals surface area (Å²) >= 11 is 0. The number of hydrogen-bond acceptors (Lipinski definition) is 3. The molecule has 5 rings (SSSR count). The number of carbonyl (C=O) groups is 1. The van der Waals surface area contributed by atoms with Gasteiger partial charge in [0.15, 0.2) is 11.5 Å². The highest BCUT2D eigenvalue weighted by Gasteiger charge is 2.37. The molecule has 2 aliphatic rings. The molecule has 0 unspecified atom stereocenters. The minimum atomic E-state index is -4.53. The Morgan fingerprint density at radius 3 is 2.63 bits per heavy atom. The number of halogens is 3. The van der Waals surface area contributed by atoms with Crippen LogP contribution in [-0.4, -0.2) is 27.6 Å². The molecule has 1 aliphatic heterocycles. The van der Waals surface area contributed by atoms with Crippen molar-refractivity contribution < 1.29 is 18.0 Å². The van der Waals surface area contributed by atoms with Gasteiger partial charge in [0.1, 0.15) is 0 Å². The number of anilines is 1. The van der Waals surface area contributed by atoms with Crippen molar-refractivity contribution >= 4 is 17.2 Å². The minimum absolute atomic E-state index is 0.0378. The normalized spacial score (nSPS) is 17.0. The summed E-state index contributed by atoms with van der Waals surface area (Å²) in [6.07, 6.45) is -2.42. The number of hydrogen-bond donors (Lipinski definition) is 0. The lowest BCUT2D eigenvalue weighted by atomic mass is 10.0. The SMILES string of the molecule is CN1C(=O)Cc2cc(-c3c(C(F)(F)F)ccc4nc(C5CC5)nn34)ccc21. The number of likely N-dealkylation sites (N-methyl/N-ethyl adjacent to an activating group) is 1. The molecule has 5 nitrogen and oxygen atoms in total. The van der Waals surface area contributed by atoms with Crippen molar-refractivity contribution in [2.24, 2.45) is 0 Å². The van der Waals surface area contributed by atoms with Crippen molar-refractivity contribution in [1.29, 1.82) is 0 Å². The number of pyridine rings is 1. The zero-order valence-electron chi connectivity index (χ0n) is 14.4. The Labute approximate surface area is 152 Å². The lowest BCUT2D eigenvalue weighted by Gasteiger charge is -2.15. The van der Waals surface area contributed by atoms with Gasteiger partial charge in [-0.2, -0.15) is 18.3 Å². The monoisotopic (exact) mass is 372 g/mol. The van der Waals surface area contributed by atoms with Crippen LogP contribution in [0.25, 0.3) is 16.9 Å². The van der Waals surface area contributed by atoms with Crippen LogP contribution in [0.1, 0.15) is 35.7 Å². The van der Waals surface area contributed by atoms with Gasteiger partial charge in [0.05, 0.1) is 17.7 Å². The third kappa shape index (κ3) is 2.50. The fraction of sp³-hybridized carbons (Fsp3) is 0.316. The van der Waals surface area contributed by atoms with Crippen LogP contribution >= 0.6 is 0 Å². The molecule has 3 heterocycles. The first-order valence-electron chi connectivity index (χ1n) is 8.69. The lowest BCUT2D eigenvalue weighted by Crippen LogP contribution is -2.20. The molecule has 0 radical (unpaired) electrons. The van der Waals surface area contributed by atoms with Crippen LogP contribution in [0.15, 0.2) is 30.3 Å². The highest BCUT2D eigenvalue weighted by Crippen LogP contribution is 2.41. The van der Waals surface area contributed by atoms with Gasteiger partial charge in [0.2, 0.25) is 5.91 Å². The second-order valence-corrected chi connectivity index (χ2v) is 7.08. The van der Waals surface area contributed by atoms with Crippen molar-refractivity contribution in [2.75, 3.05) is 11.9 Å². The van der Waals surface area contributed by atoms with Gasteiger partial charge in [-0.15, -0.1) is 0 Å². The summed E-state index contributed by atoms with van der Waals surface area (Å²) in [6.45, 7) is 0. The van der Waals surface area contributed by atoms with E-state index in [2.05, 4.69) is 10.1 Å². The molecule has 0 bridgehead atoms. The largest absolute Gasteiger partial charge is 0.418 e. The van der Waals surface area contributed by atoms with Crippen LogP contribution in [0.2, 0.25) is 0 Å². The van der Waals surface area contributed by atoms with Gasteiger partial charge >= 0.3 is 6.18 Å². The van der Waals surface area contributed by atoms with E-state index in [1.807, 2.05) is 0 Å². The van der Waals surface area contributed by atoms with Gasteiger partial charge in [-0.05, 0) is 42.7 Å². The van der Waals surface area contributed by atoms with Gasteiger partial charge in [-0.1, -0.05) is 6.07 Å². The van der Waals surface area contributed by atoms with Gasteiger partial charge in [0, 0.05) is 24.2 Å². The van der Waals surface area contributed by atoms with Gasteiger partial charge in [0.25, 0.3) is 0 Å². The van der Waals surface area contributed by atoms with E-state index in [1.165, 1.54) is 15.5 Å². The predicted molar refractivity (Wildman–Crippen MR) is 92.5 cm³/mol. The number of aromatic nitrogens is 3. The standard InChI is InChI=1S/C19H15F3N4O/c1-25-14-6-4-11(8-12(14)9-16(25)27)17-13(19(20,21)22)5-7-15-23-18(10-2-3-10)24-26(15)17/h4-8,10H,2-3,9H2,1H3. The molecule has 0 N–H and O–H groups in total. The molecule has 1 amide bonds. The van der Waals surface area contributed by atoms with E-state index in [-0.39, 0.29) is 23.9 Å². The minimum Gasteiger partial charge on any atom is -0.315 e. The number of fused-ring (bicyclic) bond motifs is 2. The Kier molecular flexibility index (Phi) is 3.20. The first kappa shape index (κ1) is 16.3. The van der Waals surface area contributed by atoms with E-state index in [4.69, 9.17) is 0 Å². The number of nitrogens with zero attached hydrogens (tertiary/aromatic N) is 4. The predicted octanol–water partition coefficient (Wildman–Crippen LogP) is 3.81. The van der Waals surface area contributed by atoms with E-state index in [0.29, 0.717) is 22.6 Å². The van der Waals surface area contributed by atoms with Crippen molar-refractivity contribution in [3.63, 3.8) is 0 Å². The van der Waals surface area contributed by atoms with Crippen molar-refractivity contribution in [3.8, 4) is 11.3 Å². The molecule has 8 heteroatoms. The molecular weight excluding hydrogens is 357 g/mol. The van der Waals surface area contributed by atoms with Crippen LogP contribution in [0, 0.1) is 0 Å². The second kappa shape index (κ2) is 5.31. The Balaban J connectivity index is 1.76. The molecule has 138 valence electrons. The number of amides is 1. The number of carbonyl (C=O) groups excluding carboxylic acids is 1. The molecule has 1 aromatic carbocycles. The summed E-state index contributed by atoms with van der Waals surface area (Å²) in [5, 5.41) is 4.38. The van der Waals surface area contributed by atoms with E-state index >= 15 is 0 Å². The summed E-state index contributed by atoms with van der Waals surface area (Å²) in [4.78, 5) is 17.8. The highest BCUT2D eigenvalue weighted by molar-refractivity contribution is 6.01. The molecular formula is C19H15F3N4O. The van der Waals surface area contributed by atoms with E-state index in [9.17, 15) is 18.0 Å². The quantitative estimate of drug-likeness (QED) is 0.687. The zero-order chi connectivity index (χ0) is 18.9. The van der Waals surface area contributed by atoms with E-state index in [0.717, 1.165) is 24.6 Å². The topological polar surface area (TPSA) is 50.5 Å². The number of alkyl halides is 3. The summed E-state index contributed by atoms with van der Waals surface area (Å²) in [6, 6.07) is 7.36.